The quantitative estimate of drug-likeness (QED) is 0.607. The molecule has 5 heteroatoms. The molecule has 0 radical (unpaired) electrons. The molecule has 4 nitrogen and oxygen atoms in total. The van der Waals surface area contributed by atoms with E-state index in [1.54, 1.807) is 0 Å². The molecule has 0 saturated carbocycles. The molecule has 0 N–H and O–H groups in total. The van der Waals surface area contributed by atoms with Gasteiger partial charge >= 0.3 is 16.5 Å². The first-order valence-corrected chi connectivity index (χ1v) is 6.03. The minimum absolute atomic E-state index is 0. The summed E-state index contributed by atoms with van der Waals surface area (Å²) in [7, 11) is 0. The Kier molecular flexibility index (Phi) is 13.7. The topological polar surface area (TPSA) is 56.4 Å². The second-order valence-electron chi connectivity index (χ2n) is 3.74. The van der Waals surface area contributed by atoms with E-state index in [2.05, 4.69) is 21.3 Å². The molecule has 0 aliphatic carbocycles. The Bertz CT molecular complexity index is 76.5. The van der Waals surface area contributed by atoms with Crippen LogP contribution in [0, 0.1) is 0 Å². The van der Waals surface area contributed by atoms with Crippen molar-refractivity contribution < 1.29 is 16.5 Å². The minimum Gasteiger partial charge on any atom is -0.664 e. The first-order valence-electron chi connectivity index (χ1n) is 6.03. The molecule has 0 atom stereocenters. The SMILES string of the molecule is C1CC[N-]CC[N-]CCC[N-]CC[N-]C1.[Ni+2]. The van der Waals surface area contributed by atoms with Crippen LogP contribution in [0.3, 0.4) is 0 Å². The van der Waals surface area contributed by atoms with Crippen molar-refractivity contribution in [3.63, 3.8) is 0 Å². The van der Waals surface area contributed by atoms with Crippen molar-refractivity contribution in [3.8, 4) is 0 Å². The van der Waals surface area contributed by atoms with Crippen LogP contribution in [0.5, 0.6) is 0 Å². The van der Waals surface area contributed by atoms with Gasteiger partial charge in [0.05, 0.1) is 0 Å². The Labute approximate surface area is 110 Å². The molecule has 1 aliphatic rings. The Morgan fingerprint density at radius 3 is 1.06 bits per heavy atom. The number of hydrogen-bond donors (Lipinski definition) is 0. The maximum absolute atomic E-state index is 4.42. The van der Waals surface area contributed by atoms with Gasteiger partial charge in [0.25, 0.3) is 0 Å². The standard InChI is InChI=1S/C11H22N4.Ni/c1-2-5-13-9-11-15-7-3-6-14-10-8-12-4-1;/h1-11H2;/q-4;+2. The Hall–Kier alpha value is 0.334. The Balaban J connectivity index is 0.00000225. The third-order valence-electron chi connectivity index (χ3n) is 2.35. The predicted octanol–water partition coefficient (Wildman–Crippen LogP) is 2.66. The van der Waals surface area contributed by atoms with Gasteiger partial charge in [0, 0.05) is 0 Å². The summed E-state index contributed by atoms with van der Waals surface area (Å²) in [5.74, 6) is 0. The van der Waals surface area contributed by atoms with E-state index in [1.807, 2.05) is 0 Å². The molecule has 0 amide bonds. The van der Waals surface area contributed by atoms with Crippen molar-refractivity contribution in [2.24, 2.45) is 0 Å². The summed E-state index contributed by atoms with van der Waals surface area (Å²) >= 11 is 0. The molecule has 1 aliphatic heterocycles. The van der Waals surface area contributed by atoms with Gasteiger partial charge < -0.3 is 21.3 Å². The second-order valence-corrected chi connectivity index (χ2v) is 3.74. The summed E-state index contributed by atoms with van der Waals surface area (Å²) in [6.45, 7) is 7.43. The molecule has 0 aromatic carbocycles. The largest absolute Gasteiger partial charge is 2.00 e. The number of rotatable bonds is 0. The van der Waals surface area contributed by atoms with Gasteiger partial charge in [0.2, 0.25) is 0 Å². The van der Waals surface area contributed by atoms with Crippen LogP contribution in [0.4, 0.5) is 0 Å². The molecular weight excluding hydrogens is 247 g/mol. The van der Waals surface area contributed by atoms with E-state index >= 15 is 0 Å². The fraction of sp³-hybridized carbons (Fsp3) is 1.00. The van der Waals surface area contributed by atoms with E-state index in [1.165, 1.54) is 12.8 Å². The third-order valence-corrected chi connectivity index (χ3v) is 2.35. The fourth-order valence-electron chi connectivity index (χ4n) is 1.47. The van der Waals surface area contributed by atoms with Crippen LogP contribution in [-0.4, -0.2) is 52.4 Å². The van der Waals surface area contributed by atoms with Crippen molar-refractivity contribution in [2.75, 3.05) is 52.4 Å². The van der Waals surface area contributed by atoms with Gasteiger partial charge in [-0.15, -0.1) is 13.1 Å². The molecule has 0 aromatic heterocycles. The van der Waals surface area contributed by atoms with Crippen LogP contribution in [0.2, 0.25) is 0 Å². The monoisotopic (exact) mass is 268 g/mol. The summed E-state index contributed by atoms with van der Waals surface area (Å²) in [5.41, 5.74) is 0. The summed E-state index contributed by atoms with van der Waals surface area (Å²) in [6.07, 6.45) is 3.42. The maximum Gasteiger partial charge on any atom is 2.00 e. The van der Waals surface area contributed by atoms with Crippen molar-refractivity contribution >= 4 is 0 Å². The molecule has 1 fully saturated rings. The van der Waals surface area contributed by atoms with E-state index in [-0.39, 0.29) is 16.5 Å². The molecule has 0 spiro atoms. The Morgan fingerprint density at radius 2 is 0.688 bits per heavy atom. The zero-order valence-electron chi connectivity index (χ0n) is 9.88. The molecule has 1 heterocycles. The fourth-order valence-corrected chi connectivity index (χ4v) is 1.47. The molecule has 0 aromatic rings. The molecule has 1 saturated heterocycles. The van der Waals surface area contributed by atoms with Gasteiger partial charge in [-0.25, -0.2) is 0 Å². The first-order chi connectivity index (χ1) is 7.50. The van der Waals surface area contributed by atoms with Gasteiger partial charge in [0.15, 0.2) is 0 Å². The summed E-state index contributed by atoms with van der Waals surface area (Å²) in [6, 6.07) is 0. The normalized spacial score (nSPS) is 22.5. The number of hydrogen-bond acceptors (Lipinski definition) is 0. The third kappa shape index (κ3) is 10.8. The smallest absolute Gasteiger partial charge is 0.664 e. The predicted molar refractivity (Wildman–Crippen MR) is 66.2 cm³/mol. The molecule has 1 rings (SSSR count). The van der Waals surface area contributed by atoms with Gasteiger partial charge in [-0.2, -0.15) is 39.3 Å². The number of nitrogens with zero attached hydrogens (tertiary/aromatic N) is 4. The molecular formula is C11H22N4Ni-2. The zero-order valence-corrected chi connectivity index (χ0v) is 10.9. The minimum atomic E-state index is 0. The van der Waals surface area contributed by atoms with Crippen LogP contribution in [-0.2, 0) is 16.5 Å². The zero-order chi connectivity index (χ0) is 10.6. The van der Waals surface area contributed by atoms with Gasteiger partial charge in [-0.1, -0.05) is 19.3 Å². The summed E-state index contributed by atoms with van der Waals surface area (Å²) in [4.78, 5) is 0. The van der Waals surface area contributed by atoms with Gasteiger partial charge in [-0.05, 0) is 0 Å². The van der Waals surface area contributed by atoms with Crippen LogP contribution in [0.15, 0.2) is 0 Å². The average Bonchev–Trinajstić information content (AvgIpc) is 2.27. The molecule has 16 heavy (non-hydrogen) atoms. The molecule has 0 bridgehead atoms. The van der Waals surface area contributed by atoms with Crippen LogP contribution < -0.4 is 0 Å². The van der Waals surface area contributed by atoms with E-state index < -0.39 is 0 Å². The van der Waals surface area contributed by atoms with Crippen LogP contribution >= 0.6 is 0 Å². The van der Waals surface area contributed by atoms with E-state index in [0.717, 1.165) is 58.8 Å². The maximum atomic E-state index is 4.42. The Morgan fingerprint density at radius 1 is 0.375 bits per heavy atom. The van der Waals surface area contributed by atoms with E-state index in [9.17, 15) is 0 Å². The molecule has 0 unspecified atom stereocenters. The first kappa shape index (κ1) is 16.3. The van der Waals surface area contributed by atoms with Gasteiger partial charge in [-0.3, -0.25) is 0 Å². The van der Waals surface area contributed by atoms with Gasteiger partial charge in [0.1, 0.15) is 0 Å². The van der Waals surface area contributed by atoms with Crippen molar-refractivity contribution in [1.29, 1.82) is 0 Å². The van der Waals surface area contributed by atoms with Crippen molar-refractivity contribution in [3.05, 3.63) is 21.3 Å². The van der Waals surface area contributed by atoms with Crippen molar-refractivity contribution in [2.45, 2.75) is 19.3 Å². The van der Waals surface area contributed by atoms with Crippen LogP contribution in [0.1, 0.15) is 19.3 Å². The van der Waals surface area contributed by atoms with E-state index in [4.69, 9.17) is 0 Å². The summed E-state index contributed by atoms with van der Waals surface area (Å²) < 4.78 is 0. The van der Waals surface area contributed by atoms with Crippen LogP contribution in [0.25, 0.3) is 21.3 Å². The average molecular weight is 269 g/mol. The molecule has 98 valence electrons. The van der Waals surface area contributed by atoms with E-state index in [0.29, 0.717) is 0 Å². The second kappa shape index (κ2) is 13.4. The summed E-state index contributed by atoms with van der Waals surface area (Å²) in [5, 5.41) is 17.7. The van der Waals surface area contributed by atoms with Crippen molar-refractivity contribution in [1.82, 2.24) is 0 Å².